The molecule has 0 aliphatic heterocycles. The fraction of sp³-hybridized carbons (Fsp3) is 0.133. The minimum atomic E-state index is 0.868. The molecule has 19 heavy (non-hydrogen) atoms. The molecule has 0 atom stereocenters. The third kappa shape index (κ3) is 3.10. The molecule has 4 heteroatoms. The van der Waals surface area contributed by atoms with Gasteiger partial charge in [0.25, 0.3) is 0 Å². The maximum atomic E-state index is 4.25. The number of rotatable bonds is 5. The van der Waals surface area contributed by atoms with Crippen molar-refractivity contribution in [1.29, 1.82) is 0 Å². The first kappa shape index (κ1) is 12.1. The van der Waals surface area contributed by atoms with Crippen LogP contribution < -0.4 is 5.32 Å². The Morgan fingerprint density at radius 3 is 2.89 bits per heavy atom. The maximum Gasteiger partial charge on any atom is 0.0648 e. The van der Waals surface area contributed by atoms with E-state index in [0.717, 1.165) is 18.8 Å². The average molecular weight is 269 g/mol. The quantitative estimate of drug-likeness (QED) is 0.770. The van der Waals surface area contributed by atoms with Crippen molar-refractivity contribution in [3.8, 4) is 5.69 Å². The molecule has 0 amide bonds. The summed E-state index contributed by atoms with van der Waals surface area (Å²) < 4.78 is 1.88. The molecule has 0 aliphatic carbocycles. The summed E-state index contributed by atoms with van der Waals surface area (Å²) in [5.41, 5.74) is 2.37. The van der Waals surface area contributed by atoms with Gasteiger partial charge in [-0.15, -0.1) is 11.3 Å². The average Bonchev–Trinajstić information content (AvgIpc) is 3.12. The first-order valence-corrected chi connectivity index (χ1v) is 7.12. The minimum Gasteiger partial charge on any atom is -0.308 e. The Bertz CT molecular complexity index is 615. The van der Waals surface area contributed by atoms with Gasteiger partial charge in [0, 0.05) is 30.4 Å². The van der Waals surface area contributed by atoms with Crippen LogP contribution in [0, 0.1) is 0 Å². The van der Waals surface area contributed by atoms with E-state index in [1.807, 2.05) is 16.9 Å². The highest BCUT2D eigenvalue weighted by atomic mass is 32.1. The van der Waals surface area contributed by atoms with Gasteiger partial charge in [0.2, 0.25) is 0 Å². The number of aromatic nitrogens is 2. The fourth-order valence-corrected chi connectivity index (χ4v) is 2.65. The van der Waals surface area contributed by atoms with Gasteiger partial charge in [0.1, 0.15) is 0 Å². The Labute approximate surface area is 116 Å². The predicted molar refractivity (Wildman–Crippen MR) is 78.4 cm³/mol. The van der Waals surface area contributed by atoms with E-state index in [1.165, 1.54) is 10.4 Å². The van der Waals surface area contributed by atoms with E-state index in [4.69, 9.17) is 0 Å². The zero-order chi connectivity index (χ0) is 12.9. The van der Waals surface area contributed by atoms with Crippen LogP contribution in [0.15, 0.2) is 60.2 Å². The zero-order valence-corrected chi connectivity index (χ0v) is 11.3. The molecule has 96 valence electrons. The monoisotopic (exact) mass is 269 g/mol. The second kappa shape index (κ2) is 5.82. The summed E-state index contributed by atoms with van der Waals surface area (Å²) >= 11 is 1.78. The lowest BCUT2D eigenvalue weighted by molar-refractivity contribution is 0.700. The van der Waals surface area contributed by atoms with Crippen LogP contribution in [0.25, 0.3) is 5.69 Å². The van der Waals surface area contributed by atoms with Crippen molar-refractivity contribution in [2.75, 3.05) is 0 Å². The smallest absolute Gasteiger partial charge is 0.0648 e. The lowest BCUT2D eigenvalue weighted by Crippen LogP contribution is -2.12. The fourth-order valence-electron chi connectivity index (χ4n) is 1.97. The molecule has 0 bridgehead atoms. The van der Waals surface area contributed by atoms with Gasteiger partial charge >= 0.3 is 0 Å². The number of thiophene rings is 1. The molecule has 2 aromatic heterocycles. The third-order valence-electron chi connectivity index (χ3n) is 2.89. The van der Waals surface area contributed by atoms with Crippen LogP contribution in [0.4, 0.5) is 0 Å². The molecule has 0 radical (unpaired) electrons. The van der Waals surface area contributed by atoms with E-state index >= 15 is 0 Å². The summed E-state index contributed by atoms with van der Waals surface area (Å²) in [5.74, 6) is 0. The van der Waals surface area contributed by atoms with Gasteiger partial charge in [0.05, 0.1) is 5.69 Å². The van der Waals surface area contributed by atoms with Crippen LogP contribution in [0.1, 0.15) is 10.4 Å². The zero-order valence-electron chi connectivity index (χ0n) is 10.5. The summed E-state index contributed by atoms with van der Waals surface area (Å²) in [4.78, 5) is 1.36. The van der Waals surface area contributed by atoms with E-state index in [9.17, 15) is 0 Å². The number of hydrogen-bond donors (Lipinski definition) is 1. The van der Waals surface area contributed by atoms with Gasteiger partial charge in [-0.1, -0.05) is 18.2 Å². The van der Waals surface area contributed by atoms with Crippen molar-refractivity contribution >= 4 is 11.3 Å². The van der Waals surface area contributed by atoms with Crippen molar-refractivity contribution in [3.63, 3.8) is 0 Å². The molecular formula is C15H15N3S. The van der Waals surface area contributed by atoms with Crippen LogP contribution in [0.2, 0.25) is 0 Å². The van der Waals surface area contributed by atoms with Crippen LogP contribution in [-0.4, -0.2) is 9.78 Å². The maximum absolute atomic E-state index is 4.25. The van der Waals surface area contributed by atoms with Gasteiger partial charge in [0.15, 0.2) is 0 Å². The van der Waals surface area contributed by atoms with Gasteiger partial charge in [-0.25, -0.2) is 4.68 Å². The molecule has 0 saturated heterocycles. The molecule has 3 nitrogen and oxygen atoms in total. The summed E-state index contributed by atoms with van der Waals surface area (Å²) in [6, 6.07) is 14.6. The molecular weight excluding hydrogens is 254 g/mol. The lowest BCUT2D eigenvalue weighted by atomic mass is 10.2. The van der Waals surface area contributed by atoms with Crippen LogP contribution in [0.3, 0.4) is 0 Å². The number of benzene rings is 1. The highest BCUT2D eigenvalue weighted by Crippen LogP contribution is 2.11. The highest BCUT2D eigenvalue weighted by Gasteiger charge is 1.99. The van der Waals surface area contributed by atoms with Crippen molar-refractivity contribution in [2.24, 2.45) is 0 Å². The topological polar surface area (TPSA) is 29.9 Å². The number of nitrogens with one attached hydrogen (secondary N) is 1. The number of nitrogens with zero attached hydrogens (tertiary/aromatic N) is 2. The molecule has 0 aliphatic rings. The Hall–Kier alpha value is -1.91. The van der Waals surface area contributed by atoms with Gasteiger partial charge in [-0.2, -0.15) is 5.10 Å². The Morgan fingerprint density at radius 1 is 1.11 bits per heavy atom. The molecule has 3 rings (SSSR count). The first-order chi connectivity index (χ1) is 9.42. The van der Waals surface area contributed by atoms with E-state index in [-0.39, 0.29) is 0 Å². The summed E-state index contributed by atoms with van der Waals surface area (Å²) in [6.45, 7) is 1.79. The summed E-state index contributed by atoms with van der Waals surface area (Å²) in [6.07, 6.45) is 3.75. The summed E-state index contributed by atoms with van der Waals surface area (Å²) in [7, 11) is 0. The minimum absolute atomic E-state index is 0.868. The SMILES string of the molecule is c1cc(CNCc2cccs2)cc(-n2cccn2)c1. The van der Waals surface area contributed by atoms with Gasteiger partial charge in [-0.05, 0) is 35.2 Å². The van der Waals surface area contributed by atoms with Gasteiger partial charge < -0.3 is 5.32 Å². The Morgan fingerprint density at radius 2 is 2.11 bits per heavy atom. The number of hydrogen-bond acceptors (Lipinski definition) is 3. The standard InChI is InChI=1S/C15H15N3S/c1-4-13(11-16-12-15-6-2-9-19-15)10-14(5-1)18-8-3-7-17-18/h1-10,16H,11-12H2. The Kier molecular flexibility index (Phi) is 3.72. The van der Waals surface area contributed by atoms with Crippen molar-refractivity contribution in [1.82, 2.24) is 15.1 Å². The molecule has 1 aromatic carbocycles. The molecule has 0 fully saturated rings. The molecule has 0 saturated carbocycles. The van der Waals surface area contributed by atoms with Crippen LogP contribution in [-0.2, 0) is 13.1 Å². The van der Waals surface area contributed by atoms with Gasteiger partial charge in [-0.3, -0.25) is 0 Å². The van der Waals surface area contributed by atoms with Crippen molar-refractivity contribution < 1.29 is 0 Å². The second-order valence-corrected chi connectivity index (χ2v) is 5.34. The van der Waals surface area contributed by atoms with Crippen LogP contribution in [0.5, 0.6) is 0 Å². The van der Waals surface area contributed by atoms with Crippen molar-refractivity contribution in [3.05, 3.63) is 70.7 Å². The van der Waals surface area contributed by atoms with E-state index in [2.05, 4.69) is 52.2 Å². The largest absolute Gasteiger partial charge is 0.308 e. The normalized spacial score (nSPS) is 10.7. The Balaban J connectivity index is 1.63. The third-order valence-corrected chi connectivity index (χ3v) is 3.76. The molecule has 2 heterocycles. The van der Waals surface area contributed by atoms with Crippen LogP contribution >= 0.6 is 11.3 Å². The predicted octanol–water partition coefficient (Wildman–Crippen LogP) is 3.22. The molecule has 0 unspecified atom stereocenters. The first-order valence-electron chi connectivity index (χ1n) is 6.24. The molecule has 1 N–H and O–H groups in total. The lowest BCUT2D eigenvalue weighted by Gasteiger charge is -2.06. The van der Waals surface area contributed by atoms with E-state index < -0.39 is 0 Å². The van der Waals surface area contributed by atoms with E-state index in [1.54, 1.807) is 17.5 Å². The molecule has 0 spiro atoms. The van der Waals surface area contributed by atoms with Crippen molar-refractivity contribution in [2.45, 2.75) is 13.1 Å². The highest BCUT2D eigenvalue weighted by molar-refractivity contribution is 7.09. The van der Waals surface area contributed by atoms with E-state index in [0.29, 0.717) is 0 Å². The molecule has 3 aromatic rings. The summed E-state index contributed by atoms with van der Waals surface area (Å²) in [5, 5.41) is 9.81. The second-order valence-electron chi connectivity index (χ2n) is 4.30.